The lowest BCUT2D eigenvalue weighted by atomic mass is 10.1. The van der Waals surface area contributed by atoms with Gasteiger partial charge in [0.05, 0.1) is 0 Å². The number of nitrogens with one attached hydrogen (secondary N) is 1. The number of nitrogens with zero attached hydrogens (tertiary/aromatic N) is 2. The van der Waals surface area contributed by atoms with Gasteiger partial charge in [-0.1, -0.05) is 12.1 Å². The summed E-state index contributed by atoms with van der Waals surface area (Å²) in [5, 5.41) is 0. The van der Waals surface area contributed by atoms with E-state index in [-0.39, 0.29) is 17.0 Å². The van der Waals surface area contributed by atoms with Gasteiger partial charge < -0.3 is 14.8 Å². The Morgan fingerprint density at radius 2 is 1.83 bits per heavy atom. The molecule has 0 bridgehead atoms. The Morgan fingerprint density at radius 1 is 1.09 bits per heavy atom. The van der Waals surface area contributed by atoms with E-state index in [0.717, 1.165) is 18.7 Å². The number of carbonyl (C=O) groups excluding carboxylic acids is 1. The van der Waals surface area contributed by atoms with Crippen LogP contribution in [0.3, 0.4) is 0 Å². The Kier molecular flexibility index (Phi) is 4.19. The van der Waals surface area contributed by atoms with Crippen LogP contribution in [0, 0.1) is 13.8 Å². The summed E-state index contributed by atoms with van der Waals surface area (Å²) in [6, 6.07) is 10.1. The highest BCUT2D eigenvalue weighted by molar-refractivity contribution is 5.95. The fourth-order valence-electron chi connectivity index (χ4n) is 2.99. The zero-order valence-electron chi connectivity index (χ0n) is 13.5. The van der Waals surface area contributed by atoms with E-state index in [1.54, 1.807) is 24.1 Å². The third kappa shape index (κ3) is 3.13. The molecular weight excluding hydrogens is 290 g/mol. The van der Waals surface area contributed by atoms with E-state index >= 15 is 0 Å². The molecule has 1 fully saturated rings. The van der Waals surface area contributed by atoms with Crippen molar-refractivity contribution in [3.63, 3.8) is 0 Å². The summed E-state index contributed by atoms with van der Waals surface area (Å²) in [4.78, 5) is 31.2. The molecule has 5 nitrogen and oxygen atoms in total. The minimum absolute atomic E-state index is 0.173. The number of aromatic amines is 1. The van der Waals surface area contributed by atoms with Crippen molar-refractivity contribution in [3.05, 3.63) is 63.6 Å². The summed E-state index contributed by atoms with van der Waals surface area (Å²) >= 11 is 0. The normalized spacial score (nSPS) is 14.9. The van der Waals surface area contributed by atoms with Crippen LogP contribution in [0.5, 0.6) is 0 Å². The number of H-pyrrole nitrogens is 1. The number of carbonyl (C=O) groups is 1. The molecule has 0 spiro atoms. The van der Waals surface area contributed by atoms with Gasteiger partial charge in [-0.05, 0) is 43.2 Å². The van der Waals surface area contributed by atoms with Crippen LogP contribution in [-0.2, 0) is 0 Å². The van der Waals surface area contributed by atoms with Crippen LogP contribution in [0.4, 0.5) is 5.69 Å². The van der Waals surface area contributed by atoms with Gasteiger partial charge in [0.1, 0.15) is 5.56 Å². The third-order valence-electron chi connectivity index (χ3n) is 4.32. The Balaban J connectivity index is 1.72. The fourth-order valence-corrected chi connectivity index (χ4v) is 2.99. The first-order valence-electron chi connectivity index (χ1n) is 7.85. The second kappa shape index (κ2) is 6.28. The molecule has 120 valence electrons. The van der Waals surface area contributed by atoms with Crippen molar-refractivity contribution in [1.82, 2.24) is 9.88 Å². The standard InChI is InChI=1S/C18H21N3O2/c1-13-4-3-5-15(12-13)20-8-10-21(11-9-20)18(23)16-14(2)6-7-19-17(16)22/h3-7,12H,8-11H2,1-2H3,(H,19,22). The molecule has 1 aliphatic rings. The maximum Gasteiger partial charge on any atom is 0.261 e. The molecule has 0 unspecified atom stereocenters. The molecular formula is C18H21N3O2. The van der Waals surface area contributed by atoms with Crippen molar-refractivity contribution in [3.8, 4) is 0 Å². The molecule has 2 heterocycles. The molecule has 1 aliphatic heterocycles. The van der Waals surface area contributed by atoms with E-state index in [4.69, 9.17) is 0 Å². The quantitative estimate of drug-likeness (QED) is 0.922. The van der Waals surface area contributed by atoms with E-state index in [0.29, 0.717) is 13.1 Å². The van der Waals surface area contributed by atoms with Gasteiger partial charge >= 0.3 is 0 Å². The second-order valence-corrected chi connectivity index (χ2v) is 5.98. The Labute approximate surface area is 135 Å². The van der Waals surface area contributed by atoms with E-state index in [9.17, 15) is 9.59 Å². The third-order valence-corrected chi connectivity index (χ3v) is 4.32. The lowest BCUT2D eigenvalue weighted by Gasteiger charge is -2.36. The topological polar surface area (TPSA) is 56.4 Å². The van der Waals surface area contributed by atoms with Crippen molar-refractivity contribution in [1.29, 1.82) is 0 Å². The Hall–Kier alpha value is -2.56. The summed E-state index contributed by atoms with van der Waals surface area (Å²) in [7, 11) is 0. The van der Waals surface area contributed by atoms with Gasteiger partial charge in [0.15, 0.2) is 0 Å². The molecule has 0 saturated carbocycles. The first kappa shape index (κ1) is 15.3. The lowest BCUT2D eigenvalue weighted by Crippen LogP contribution is -2.49. The van der Waals surface area contributed by atoms with Gasteiger partial charge in [-0.15, -0.1) is 0 Å². The van der Waals surface area contributed by atoms with E-state index in [1.807, 2.05) is 0 Å². The molecule has 1 aromatic carbocycles. The molecule has 3 rings (SSSR count). The van der Waals surface area contributed by atoms with Gasteiger partial charge in [0, 0.05) is 38.1 Å². The van der Waals surface area contributed by atoms with Gasteiger partial charge in [0.2, 0.25) is 0 Å². The van der Waals surface area contributed by atoms with Crippen molar-refractivity contribution in [2.45, 2.75) is 13.8 Å². The number of hydrogen-bond donors (Lipinski definition) is 1. The van der Waals surface area contributed by atoms with Crippen LogP contribution >= 0.6 is 0 Å². The van der Waals surface area contributed by atoms with Crippen LogP contribution in [-0.4, -0.2) is 42.0 Å². The average molecular weight is 311 g/mol. The van der Waals surface area contributed by atoms with Crippen LogP contribution < -0.4 is 10.5 Å². The molecule has 2 aromatic rings. The van der Waals surface area contributed by atoms with Gasteiger partial charge in [-0.25, -0.2) is 0 Å². The molecule has 1 saturated heterocycles. The molecule has 0 aliphatic carbocycles. The summed E-state index contributed by atoms with van der Waals surface area (Å²) in [5.74, 6) is -0.173. The van der Waals surface area contributed by atoms with E-state index < -0.39 is 0 Å². The Bertz CT molecular complexity index is 774. The SMILES string of the molecule is Cc1cccc(N2CCN(C(=O)c3c(C)cc[nH]c3=O)CC2)c1. The number of amides is 1. The van der Waals surface area contributed by atoms with Gasteiger partial charge in [-0.2, -0.15) is 0 Å². The number of aryl methyl sites for hydroxylation is 2. The predicted molar refractivity (Wildman–Crippen MR) is 91.1 cm³/mol. The van der Waals surface area contributed by atoms with Crippen LogP contribution in [0.25, 0.3) is 0 Å². The van der Waals surface area contributed by atoms with E-state index in [1.165, 1.54) is 11.3 Å². The van der Waals surface area contributed by atoms with Crippen LogP contribution in [0.1, 0.15) is 21.5 Å². The van der Waals surface area contributed by atoms with Crippen LogP contribution in [0.15, 0.2) is 41.3 Å². The maximum atomic E-state index is 12.6. The number of piperazine rings is 1. The molecule has 1 aromatic heterocycles. The average Bonchev–Trinajstić information content (AvgIpc) is 2.55. The molecule has 0 radical (unpaired) electrons. The Morgan fingerprint density at radius 3 is 2.48 bits per heavy atom. The number of pyridine rings is 1. The minimum Gasteiger partial charge on any atom is -0.368 e. The van der Waals surface area contributed by atoms with Gasteiger partial charge in [-0.3, -0.25) is 9.59 Å². The van der Waals surface area contributed by atoms with Gasteiger partial charge in [0.25, 0.3) is 11.5 Å². The number of anilines is 1. The maximum absolute atomic E-state index is 12.6. The van der Waals surface area contributed by atoms with Crippen LogP contribution in [0.2, 0.25) is 0 Å². The zero-order chi connectivity index (χ0) is 16.4. The summed E-state index contributed by atoms with van der Waals surface area (Å²) < 4.78 is 0. The highest BCUT2D eigenvalue weighted by atomic mass is 16.2. The fraction of sp³-hybridized carbons (Fsp3) is 0.333. The zero-order valence-corrected chi connectivity index (χ0v) is 13.5. The van der Waals surface area contributed by atoms with Crippen molar-refractivity contribution < 1.29 is 4.79 Å². The molecule has 5 heteroatoms. The summed E-state index contributed by atoms with van der Waals surface area (Å²) in [6.07, 6.45) is 1.57. The molecule has 23 heavy (non-hydrogen) atoms. The lowest BCUT2D eigenvalue weighted by molar-refractivity contribution is 0.0744. The van der Waals surface area contributed by atoms with Crippen molar-refractivity contribution >= 4 is 11.6 Å². The minimum atomic E-state index is -0.309. The number of rotatable bonds is 2. The number of aromatic nitrogens is 1. The largest absolute Gasteiger partial charge is 0.368 e. The number of benzene rings is 1. The highest BCUT2D eigenvalue weighted by Gasteiger charge is 2.25. The summed E-state index contributed by atoms with van der Waals surface area (Å²) in [6.45, 7) is 6.68. The highest BCUT2D eigenvalue weighted by Crippen LogP contribution is 2.18. The van der Waals surface area contributed by atoms with E-state index in [2.05, 4.69) is 41.1 Å². The van der Waals surface area contributed by atoms with Crippen molar-refractivity contribution in [2.75, 3.05) is 31.1 Å². The smallest absolute Gasteiger partial charge is 0.261 e. The molecule has 1 N–H and O–H groups in total. The summed E-state index contributed by atoms with van der Waals surface area (Å²) in [5.41, 5.74) is 3.09. The number of hydrogen-bond acceptors (Lipinski definition) is 3. The molecule has 0 atom stereocenters. The molecule has 1 amide bonds. The monoisotopic (exact) mass is 311 g/mol. The first-order valence-corrected chi connectivity index (χ1v) is 7.85. The second-order valence-electron chi connectivity index (χ2n) is 5.98. The van der Waals surface area contributed by atoms with Crippen molar-refractivity contribution in [2.24, 2.45) is 0 Å². The first-order chi connectivity index (χ1) is 11.1. The predicted octanol–water partition coefficient (Wildman–Crippen LogP) is 1.95.